The molecular weight excluding hydrogens is 363 g/mol. The van der Waals surface area contributed by atoms with Crippen molar-refractivity contribution in [3.8, 4) is 11.6 Å². The van der Waals surface area contributed by atoms with Gasteiger partial charge >= 0.3 is 0 Å². The van der Waals surface area contributed by atoms with Crippen molar-refractivity contribution in [3.05, 3.63) is 75.9 Å². The highest BCUT2D eigenvalue weighted by Crippen LogP contribution is 2.30. The molecule has 3 rings (SSSR count). The van der Waals surface area contributed by atoms with Gasteiger partial charge in [0.1, 0.15) is 5.75 Å². The topological polar surface area (TPSA) is 35.0 Å². The van der Waals surface area contributed by atoms with Crippen LogP contribution in [0.5, 0.6) is 11.6 Å². The number of halogens is 2. The molecule has 1 heterocycles. The largest absolute Gasteiger partial charge is 0.437 e. The van der Waals surface area contributed by atoms with Crippen molar-refractivity contribution in [3.63, 3.8) is 0 Å². The summed E-state index contributed by atoms with van der Waals surface area (Å²) in [6.07, 6.45) is 0. The fraction of sp³-hybridized carbons (Fsp3) is 0.111. The van der Waals surface area contributed by atoms with E-state index in [1.165, 1.54) is 11.8 Å². The van der Waals surface area contributed by atoms with Crippen LogP contribution in [-0.2, 0) is 5.75 Å². The van der Waals surface area contributed by atoms with Gasteiger partial charge in [0.15, 0.2) is 5.16 Å². The second kappa shape index (κ2) is 7.88. The van der Waals surface area contributed by atoms with Gasteiger partial charge in [-0.2, -0.15) is 4.98 Å². The first kappa shape index (κ1) is 17.1. The van der Waals surface area contributed by atoms with Crippen LogP contribution in [0.25, 0.3) is 0 Å². The van der Waals surface area contributed by atoms with Crippen molar-refractivity contribution in [2.24, 2.45) is 0 Å². The standard InChI is InChI=1S/C18H14Cl2N2OS/c1-12-10-17(23-16-9-5-4-8-15(16)20)22-18(21-12)24-11-13-6-2-3-7-14(13)19/h2-10H,11H2,1H3. The highest BCUT2D eigenvalue weighted by atomic mass is 35.5. The van der Waals surface area contributed by atoms with Crippen LogP contribution in [0.4, 0.5) is 0 Å². The van der Waals surface area contributed by atoms with E-state index in [1.807, 2.05) is 43.3 Å². The summed E-state index contributed by atoms with van der Waals surface area (Å²) in [6, 6.07) is 16.8. The molecule has 24 heavy (non-hydrogen) atoms. The summed E-state index contributed by atoms with van der Waals surface area (Å²) in [5, 5.41) is 1.92. The monoisotopic (exact) mass is 376 g/mol. The molecule has 0 bridgehead atoms. The van der Waals surface area contributed by atoms with E-state index in [9.17, 15) is 0 Å². The van der Waals surface area contributed by atoms with Gasteiger partial charge < -0.3 is 4.74 Å². The smallest absolute Gasteiger partial charge is 0.223 e. The molecule has 0 unspecified atom stereocenters. The van der Waals surface area contributed by atoms with Gasteiger partial charge in [0.25, 0.3) is 0 Å². The first-order valence-electron chi connectivity index (χ1n) is 7.26. The lowest BCUT2D eigenvalue weighted by molar-refractivity contribution is 0.454. The average molecular weight is 377 g/mol. The molecule has 0 spiro atoms. The number of ether oxygens (including phenoxy) is 1. The maximum atomic E-state index is 6.18. The summed E-state index contributed by atoms with van der Waals surface area (Å²) in [5.41, 5.74) is 1.87. The van der Waals surface area contributed by atoms with Crippen molar-refractivity contribution >= 4 is 35.0 Å². The number of benzene rings is 2. The van der Waals surface area contributed by atoms with Crippen LogP contribution in [0.1, 0.15) is 11.3 Å². The van der Waals surface area contributed by atoms with Crippen LogP contribution < -0.4 is 4.74 Å². The van der Waals surface area contributed by atoms with Crippen molar-refractivity contribution in [1.82, 2.24) is 9.97 Å². The predicted molar refractivity (Wildman–Crippen MR) is 99.3 cm³/mol. The zero-order valence-electron chi connectivity index (χ0n) is 12.9. The van der Waals surface area contributed by atoms with E-state index in [-0.39, 0.29) is 0 Å². The molecular formula is C18H14Cl2N2OS. The Labute approximate surface area is 155 Å². The highest BCUT2D eigenvalue weighted by Gasteiger charge is 2.08. The molecule has 0 aliphatic carbocycles. The van der Waals surface area contributed by atoms with Gasteiger partial charge in [-0.15, -0.1) is 0 Å². The van der Waals surface area contributed by atoms with Crippen LogP contribution in [0.3, 0.4) is 0 Å². The van der Waals surface area contributed by atoms with Crippen LogP contribution in [-0.4, -0.2) is 9.97 Å². The van der Waals surface area contributed by atoms with E-state index in [1.54, 1.807) is 18.2 Å². The maximum absolute atomic E-state index is 6.18. The molecule has 0 N–H and O–H groups in total. The second-order valence-electron chi connectivity index (χ2n) is 5.04. The molecule has 0 fully saturated rings. The van der Waals surface area contributed by atoms with Crippen molar-refractivity contribution in [2.45, 2.75) is 17.8 Å². The Morgan fingerprint density at radius 3 is 2.42 bits per heavy atom. The van der Waals surface area contributed by atoms with E-state index < -0.39 is 0 Å². The molecule has 0 aliphatic rings. The van der Waals surface area contributed by atoms with Crippen LogP contribution in [0.15, 0.2) is 59.8 Å². The van der Waals surface area contributed by atoms with Crippen LogP contribution in [0, 0.1) is 6.92 Å². The Morgan fingerprint density at radius 2 is 1.67 bits per heavy atom. The zero-order chi connectivity index (χ0) is 16.9. The minimum Gasteiger partial charge on any atom is -0.437 e. The number of rotatable bonds is 5. The third kappa shape index (κ3) is 4.41. The Balaban J connectivity index is 1.77. The lowest BCUT2D eigenvalue weighted by atomic mass is 10.2. The fourth-order valence-electron chi connectivity index (χ4n) is 2.03. The number of aryl methyl sites for hydroxylation is 1. The van der Waals surface area contributed by atoms with Gasteiger partial charge in [-0.05, 0) is 30.7 Å². The fourth-order valence-corrected chi connectivity index (χ4v) is 3.38. The van der Waals surface area contributed by atoms with Crippen molar-refractivity contribution in [1.29, 1.82) is 0 Å². The molecule has 3 aromatic rings. The SMILES string of the molecule is Cc1cc(Oc2ccccc2Cl)nc(SCc2ccccc2Cl)n1. The highest BCUT2D eigenvalue weighted by molar-refractivity contribution is 7.98. The van der Waals surface area contributed by atoms with Gasteiger partial charge in [-0.3, -0.25) is 0 Å². The van der Waals surface area contributed by atoms with E-state index in [2.05, 4.69) is 9.97 Å². The van der Waals surface area contributed by atoms with Gasteiger partial charge in [0, 0.05) is 22.5 Å². The number of aromatic nitrogens is 2. The summed E-state index contributed by atoms with van der Waals surface area (Å²) in [5.74, 6) is 1.73. The minimum absolute atomic E-state index is 0.470. The number of para-hydroxylation sites is 1. The molecule has 122 valence electrons. The van der Waals surface area contributed by atoms with Crippen molar-refractivity contribution < 1.29 is 4.74 Å². The molecule has 0 amide bonds. The third-order valence-electron chi connectivity index (χ3n) is 3.18. The summed E-state index contributed by atoms with van der Waals surface area (Å²) in [4.78, 5) is 8.88. The summed E-state index contributed by atoms with van der Waals surface area (Å²) < 4.78 is 5.78. The van der Waals surface area contributed by atoms with Gasteiger partial charge in [-0.25, -0.2) is 4.98 Å². The Morgan fingerprint density at radius 1 is 0.958 bits per heavy atom. The molecule has 0 saturated heterocycles. The molecule has 0 atom stereocenters. The van der Waals surface area contributed by atoms with Crippen molar-refractivity contribution in [2.75, 3.05) is 0 Å². The van der Waals surface area contributed by atoms with E-state index in [4.69, 9.17) is 27.9 Å². The molecule has 0 saturated carbocycles. The average Bonchev–Trinajstić information content (AvgIpc) is 2.56. The molecule has 3 nitrogen and oxygen atoms in total. The number of hydrogen-bond acceptors (Lipinski definition) is 4. The Hall–Kier alpha value is -1.75. The van der Waals surface area contributed by atoms with Gasteiger partial charge in [0.05, 0.1) is 5.02 Å². The lowest BCUT2D eigenvalue weighted by Gasteiger charge is -2.09. The Bertz CT molecular complexity index is 858. The quantitative estimate of drug-likeness (QED) is 0.393. The van der Waals surface area contributed by atoms with E-state index >= 15 is 0 Å². The zero-order valence-corrected chi connectivity index (χ0v) is 15.2. The maximum Gasteiger partial charge on any atom is 0.223 e. The normalized spacial score (nSPS) is 10.6. The number of hydrogen-bond donors (Lipinski definition) is 0. The molecule has 0 aliphatic heterocycles. The molecule has 2 aromatic carbocycles. The number of nitrogens with zero attached hydrogens (tertiary/aromatic N) is 2. The first-order valence-corrected chi connectivity index (χ1v) is 9.00. The second-order valence-corrected chi connectivity index (χ2v) is 6.80. The lowest BCUT2D eigenvalue weighted by Crippen LogP contribution is -1.95. The molecule has 1 aromatic heterocycles. The summed E-state index contributed by atoms with van der Waals surface area (Å²) in [6.45, 7) is 1.90. The minimum atomic E-state index is 0.470. The summed E-state index contributed by atoms with van der Waals surface area (Å²) in [7, 11) is 0. The summed E-state index contributed by atoms with van der Waals surface area (Å²) >= 11 is 13.8. The van der Waals surface area contributed by atoms with Crippen LogP contribution >= 0.6 is 35.0 Å². The van der Waals surface area contributed by atoms with Gasteiger partial charge in [0.2, 0.25) is 5.88 Å². The van der Waals surface area contributed by atoms with E-state index in [0.29, 0.717) is 27.6 Å². The number of thioether (sulfide) groups is 1. The first-order chi connectivity index (χ1) is 11.6. The molecule has 0 radical (unpaired) electrons. The van der Waals surface area contributed by atoms with Gasteiger partial charge in [-0.1, -0.05) is 65.3 Å². The van der Waals surface area contributed by atoms with Crippen LogP contribution in [0.2, 0.25) is 10.0 Å². The Kier molecular flexibility index (Phi) is 5.61. The third-order valence-corrected chi connectivity index (χ3v) is 4.75. The predicted octanol–water partition coefficient (Wildman–Crippen LogP) is 6.18. The van der Waals surface area contributed by atoms with E-state index in [0.717, 1.165) is 16.3 Å². The molecule has 6 heteroatoms.